The van der Waals surface area contributed by atoms with Crippen LogP contribution in [-0.2, 0) is 21.8 Å². The van der Waals surface area contributed by atoms with Crippen molar-refractivity contribution in [3.05, 3.63) is 135 Å². The molecule has 1 saturated heterocycles. The van der Waals surface area contributed by atoms with Gasteiger partial charge in [-0.1, -0.05) is 112 Å². The SMILES string of the molecule is C1CCOC1.Cc1cc(C)c([N-]c2ccccc2-c2cccc(-c3ccccc3[N-]c3c(C)cc(C)cc3C)n2)c(C)c1.[Fe+2]. The van der Waals surface area contributed by atoms with Crippen LogP contribution in [0.2, 0.25) is 0 Å². The van der Waals surface area contributed by atoms with Gasteiger partial charge >= 0.3 is 17.1 Å². The Morgan fingerprint density at radius 2 is 0.909 bits per heavy atom. The second kappa shape index (κ2) is 15.2. The Bertz CT molecular complexity index is 1550. The molecule has 4 aromatic carbocycles. The summed E-state index contributed by atoms with van der Waals surface area (Å²) in [6.07, 6.45) is 2.56. The molecule has 5 heteroatoms. The fourth-order valence-electron chi connectivity index (χ4n) is 5.76. The zero-order chi connectivity index (χ0) is 30.3. The third-order valence-electron chi connectivity index (χ3n) is 7.67. The number of aromatic nitrogens is 1. The first-order valence-electron chi connectivity index (χ1n) is 15.1. The van der Waals surface area contributed by atoms with Crippen LogP contribution < -0.4 is 0 Å². The Balaban J connectivity index is 0.000000670. The first kappa shape index (κ1) is 33.0. The Hall–Kier alpha value is -3.89. The van der Waals surface area contributed by atoms with Crippen LogP contribution in [0.5, 0.6) is 0 Å². The minimum absolute atomic E-state index is 0. The number of para-hydroxylation sites is 2. The summed E-state index contributed by atoms with van der Waals surface area (Å²) in [5.41, 5.74) is 14.9. The van der Waals surface area contributed by atoms with Gasteiger partial charge < -0.3 is 15.4 Å². The summed E-state index contributed by atoms with van der Waals surface area (Å²) in [6.45, 7) is 14.7. The van der Waals surface area contributed by atoms with Crippen LogP contribution in [0.3, 0.4) is 0 Å². The number of aryl methyl sites for hydroxylation is 6. The first-order chi connectivity index (χ1) is 20.8. The van der Waals surface area contributed by atoms with Gasteiger partial charge in [0.05, 0.1) is 11.4 Å². The summed E-state index contributed by atoms with van der Waals surface area (Å²) in [7, 11) is 0. The third kappa shape index (κ3) is 7.98. The van der Waals surface area contributed by atoms with Gasteiger partial charge in [-0.05, 0) is 77.6 Å². The predicted octanol–water partition coefficient (Wildman–Crippen LogP) is 11.7. The fraction of sp³-hybridized carbons (Fsp3) is 0.256. The number of pyridine rings is 1. The van der Waals surface area contributed by atoms with Gasteiger partial charge in [0.2, 0.25) is 0 Å². The van der Waals surface area contributed by atoms with E-state index in [2.05, 4.69) is 108 Å². The van der Waals surface area contributed by atoms with Crippen molar-refractivity contribution in [1.29, 1.82) is 0 Å². The summed E-state index contributed by atoms with van der Waals surface area (Å²) in [5.74, 6) is 0. The van der Waals surface area contributed by atoms with Gasteiger partial charge in [0.1, 0.15) is 0 Å². The van der Waals surface area contributed by atoms with Gasteiger partial charge in [0.15, 0.2) is 0 Å². The smallest absolute Gasteiger partial charge is 0.657 e. The number of rotatable bonds is 6. The Labute approximate surface area is 273 Å². The first-order valence-corrected chi connectivity index (χ1v) is 15.1. The van der Waals surface area contributed by atoms with E-state index in [0.717, 1.165) is 58.5 Å². The maximum atomic E-state index is 5.12. The summed E-state index contributed by atoms with van der Waals surface area (Å²) in [4.78, 5) is 5.12. The van der Waals surface area contributed by atoms with E-state index in [1.807, 2.05) is 24.3 Å². The molecule has 0 aliphatic carbocycles. The van der Waals surface area contributed by atoms with Crippen LogP contribution in [0.1, 0.15) is 46.2 Å². The van der Waals surface area contributed by atoms with Gasteiger partial charge in [-0.25, -0.2) is 4.98 Å². The molecule has 0 spiro atoms. The minimum atomic E-state index is 0. The zero-order valence-corrected chi connectivity index (χ0v) is 27.7. The van der Waals surface area contributed by atoms with Crippen molar-refractivity contribution in [3.63, 3.8) is 0 Å². The van der Waals surface area contributed by atoms with E-state index >= 15 is 0 Å². The molecular formula is C39H41FeN3O. The van der Waals surface area contributed by atoms with E-state index in [1.165, 1.54) is 46.2 Å². The van der Waals surface area contributed by atoms with E-state index in [9.17, 15) is 0 Å². The maximum absolute atomic E-state index is 5.12. The predicted molar refractivity (Wildman–Crippen MR) is 182 cm³/mol. The van der Waals surface area contributed by atoms with Crippen LogP contribution in [0.15, 0.2) is 91.0 Å². The molecular weight excluding hydrogens is 582 g/mol. The van der Waals surface area contributed by atoms with Crippen molar-refractivity contribution < 1.29 is 21.8 Å². The van der Waals surface area contributed by atoms with E-state index in [4.69, 9.17) is 20.4 Å². The molecule has 5 aromatic rings. The molecule has 4 nitrogen and oxygen atoms in total. The Kier molecular flexibility index (Phi) is 11.4. The number of hydrogen-bond donors (Lipinski definition) is 0. The van der Waals surface area contributed by atoms with Gasteiger partial charge in [0.25, 0.3) is 0 Å². The van der Waals surface area contributed by atoms with Crippen LogP contribution >= 0.6 is 0 Å². The molecule has 44 heavy (non-hydrogen) atoms. The Morgan fingerprint density at radius 3 is 1.27 bits per heavy atom. The van der Waals surface area contributed by atoms with Gasteiger partial charge in [-0.15, -0.1) is 22.7 Å². The van der Waals surface area contributed by atoms with Crippen LogP contribution in [0, 0.1) is 41.5 Å². The van der Waals surface area contributed by atoms with Crippen LogP contribution in [0.25, 0.3) is 33.1 Å². The van der Waals surface area contributed by atoms with Crippen LogP contribution in [-0.4, -0.2) is 18.2 Å². The molecule has 1 fully saturated rings. The van der Waals surface area contributed by atoms with Crippen molar-refractivity contribution in [2.75, 3.05) is 13.2 Å². The molecule has 0 amide bonds. The van der Waals surface area contributed by atoms with Crippen molar-refractivity contribution in [2.24, 2.45) is 0 Å². The molecule has 0 unspecified atom stereocenters. The molecule has 0 bridgehead atoms. The molecule has 6 rings (SSSR count). The summed E-state index contributed by atoms with van der Waals surface area (Å²) in [5, 5.41) is 10.2. The fourth-order valence-corrected chi connectivity index (χ4v) is 5.76. The third-order valence-corrected chi connectivity index (χ3v) is 7.67. The largest absolute Gasteiger partial charge is 2.00 e. The van der Waals surface area contributed by atoms with E-state index in [1.54, 1.807) is 0 Å². The Morgan fingerprint density at radius 1 is 0.523 bits per heavy atom. The monoisotopic (exact) mass is 623 g/mol. The van der Waals surface area contributed by atoms with Crippen LogP contribution in [0.4, 0.5) is 22.7 Å². The summed E-state index contributed by atoms with van der Waals surface area (Å²) < 4.78 is 4.94. The van der Waals surface area contributed by atoms with Gasteiger partial charge in [0, 0.05) is 13.2 Å². The van der Waals surface area contributed by atoms with Crippen molar-refractivity contribution in [1.82, 2.24) is 4.98 Å². The van der Waals surface area contributed by atoms with Crippen molar-refractivity contribution in [2.45, 2.75) is 54.4 Å². The number of nitrogens with zero attached hydrogens (tertiary/aromatic N) is 3. The average Bonchev–Trinajstić information content (AvgIpc) is 3.58. The zero-order valence-electron chi connectivity index (χ0n) is 26.6. The minimum Gasteiger partial charge on any atom is -0.657 e. The second-order valence-corrected chi connectivity index (χ2v) is 11.5. The molecule has 1 aliphatic heterocycles. The number of hydrogen-bond acceptors (Lipinski definition) is 2. The van der Waals surface area contributed by atoms with Gasteiger partial charge in [-0.3, -0.25) is 0 Å². The molecule has 0 saturated carbocycles. The van der Waals surface area contributed by atoms with Gasteiger partial charge in [-0.2, -0.15) is 0 Å². The normalized spacial score (nSPS) is 12.1. The molecule has 226 valence electrons. The maximum Gasteiger partial charge on any atom is 2.00 e. The van der Waals surface area contributed by atoms with Crippen molar-refractivity contribution in [3.8, 4) is 22.5 Å². The van der Waals surface area contributed by atoms with E-state index in [-0.39, 0.29) is 17.1 Å². The second-order valence-electron chi connectivity index (χ2n) is 11.5. The standard InChI is InChI=1S/C35H33N3.C4H8O.Fe/c1-22-18-24(3)34(25(4)19-22)37-32-14-9-7-12-28(32)30-16-11-17-31(36-30)29-13-8-10-15-33(29)38-35-26(5)20-23(2)21-27(35)6;1-2-4-5-3-1;/h7-21H,1-6H3;1-4H2;/q-2;;+2. The van der Waals surface area contributed by atoms with Crippen molar-refractivity contribution >= 4 is 22.7 Å². The number of benzene rings is 4. The molecule has 0 atom stereocenters. The van der Waals surface area contributed by atoms with E-state index in [0.29, 0.717) is 0 Å². The number of ether oxygens (including phenoxy) is 1. The molecule has 1 aromatic heterocycles. The summed E-state index contributed by atoms with van der Waals surface area (Å²) in [6, 6.07) is 31.4. The quantitative estimate of drug-likeness (QED) is 0.177. The van der Waals surface area contributed by atoms with E-state index < -0.39 is 0 Å². The molecule has 1 aliphatic rings. The molecule has 0 radical (unpaired) electrons. The summed E-state index contributed by atoms with van der Waals surface area (Å²) >= 11 is 0. The topological polar surface area (TPSA) is 50.3 Å². The molecule has 0 N–H and O–H groups in total. The molecule has 2 heterocycles. The average molecular weight is 624 g/mol.